The van der Waals surface area contributed by atoms with Gasteiger partial charge in [-0.2, -0.15) is 0 Å². The predicted molar refractivity (Wildman–Crippen MR) is 75.4 cm³/mol. The van der Waals surface area contributed by atoms with Crippen molar-refractivity contribution < 1.29 is 4.74 Å². The van der Waals surface area contributed by atoms with Gasteiger partial charge < -0.3 is 10.1 Å². The summed E-state index contributed by atoms with van der Waals surface area (Å²) in [7, 11) is 0. The monoisotopic (exact) mass is 247 g/mol. The molecule has 0 aromatic heterocycles. The van der Waals surface area contributed by atoms with E-state index in [1.165, 1.54) is 24.0 Å². The fraction of sp³-hybridized carbons (Fsp3) is 0.625. The van der Waals surface area contributed by atoms with Gasteiger partial charge in [-0.3, -0.25) is 0 Å². The summed E-state index contributed by atoms with van der Waals surface area (Å²) in [5.41, 5.74) is 2.82. The van der Waals surface area contributed by atoms with Gasteiger partial charge in [0.25, 0.3) is 0 Å². The van der Waals surface area contributed by atoms with Crippen LogP contribution in [0, 0.1) is 5.92 Å². The van der Waals surface area contributed by atoms with Gasteiger partial charge in [-0.25, -0.2) is 0 Å². The Labute approximate surface area is 111 Å². The van der Waals surface area contributed by atoms with Gasteiger partial charge in [0.2, 0.25) is 0 Å². The normalized spacial score (nSPS) is 15.9. The Balaban J connectivity index is 1.87. The van der Waals surface area contributed by atoms with Gasteiger partial charge in [0.05, 0.1) is 6.61 Å². The van der Waals surface area contributed by atoms with Crippen LogP contribution in [0.3, 0.4) is 0 Å². The van der Waals surface area contributed by atoms with Crippen molar-refractivity contribution in [3.8, 4) is 0 Å². The maximum atomic E-state index is 5.79. The van der Waals surface area contributed by atoms with Crippen molar-refractivity contribution in [2.75, 3.05) is 6.61 Å². The number of nitrogens with one attached hydrogen (secondary N) is 1. The van der Waals surface area contributed by atoms with Crippen LogP contribution < -0.4 is 5.32 Å². The summed E-state index contributed by atoms with van der Waals surface area (Å²) in [4.78, 5) is 0. The minimum Gasteiger partial charge on any atom is -0.376 e. The highest BCUT2D eigenvalue weighted by molar-refractivity contribution is 5.26. The number of ether oxygens (including phenoxy) is 1. The molecule has 2 rings (SSSR count). The van der Waals surface area contributed by atoms with E-state index < -0.39 is 0 Å². The summed E-state index contributed by atoms with van der Waals surface area (Å²) in [6.45, 7) is 9.17. The molecule has 1 aliphatic carbocycles. The minimum absolute atomic E-state index is 0.155. The quantitative estimate of drug-likeness (QED) is 0.830. The molecule has 1 aliphatic rings. The van der Waals surface area contributed by atoms with Gasteiger partial charge in [-0.1, -0.05) is 24.3 Å². The summed E-state index contributed by atoms with van der Waals surface area (Å²) in [6.07, 6.45) is 2.71. The van der Waals surface area contributed by atoms with Crippen molar-refractivity contribution in [3.05, 3.63) is 35.4 Å². The van der Waals surface area contributed by atoms with Crippen molar-refractivity contribution in [3.63, 3.8) is 0 Å². The molecule has 0 amide bonds. The highest BCUT2D eigenvalue weighted by Crippen LogP contribution is 2.29. The number of hydrogen-bond donors (Lipinski definition) is 1. The fourth-order valence-electron chi connectivity index (χ4n) is 1.85. The lowest BCUT2D eigenvalue weighted by molar-refractivity contribution is 0.110. The van der Waals surface area contributed by atoms with E-state index in [0.29, 0.717) is 0 Å². The van der Waals surface area contributed by atoms with Crippen molar-refractivity contribution in [1.29, 1.82) is 0 Å². The van der Waals surface area contributed by atoms with Gasteiger partial charge in [0, 0.05) is 18.7 Å². The molecule has 0 aliphatic heterocycles. The van der Waals surface area contributed by atoms with Crippen LogP contribution in [0.1, 0.15) is 44.7 Å². The summed E-state index contributed by atoms with van der Waals surface area (Å²) >= 11 is 0. The molecule has 100 valence electrons. The van der Waals surface area contributed by atoms with Crippen LogP contribution in [-0.4, -0.2) is 12.1 Å². The smallest absolute Gasteiger partial charge is 0.0720 e. The Morgan fingerprint density at radius 2 is 1.83 bits per heavy atom. The first-order valence-electron chi connectivity index (χ1n) is 6.94. The zero-order valence-corrected chi connectivity index (χ0v) is 11.8. The molecule has 0 saturated heterocycles. The molecule has 1 saturated carbocycles. The van der Waals surface area contributed by atoms with E-state index in [-0.39, 0.29) is 5.54 Å². The first-order chi connectivity index (χ1) is 8.54. The lowest BCUT2D eigenvalue weighted by atomic mass is 10.1. The van der Waals surface area contributed by atoms with Crippen molar-refractivity contribution in [2.45, 2.75) is 52.3 Å². The van der Waals surface area contributed by atoms with Crippen molar-refractivity contribution in [2.24, 2.45) is 5.92 Å². The molecule has 0 spiro atoms. The molecular formula is C16H25NO. The molecule has 2 nitrogen and oxygen atoms in total. The van der Waals surface area contributed by atoms with E-state index in [4.69, 9.17) is 4.74 Å². The molecule has 0 unspecified atom stereocenters. The van der Waals surface area contributed by atoms with Crippen molar-refractivity contribution in [1.82, 2.24) is 5.32 Å². The summed E-state index contributed by atoms with van der Waals surface area (Å²) < 4.78 is 5.79. The molecule has 2 heteroatoms. The molecule has 1 aromatic rings. The van der Waals surface area contributed by atoms with E-state index in [2.05, 4.69) is 50.4 Å². The second-order valence-electron chi connectivity index (χ2n) is 6.33. The molecular weight excluding hydrogens is 222 g/mol. The largest absolute Gasteiger partial charge is 0.376 e. The minimum atomic E-state index is 0.155. The Hall–Kier alpha value is -0.860. The van der Waals surface area contributed by atoms with Gasteiger partial charge in [-0.05, 0) is 50.7 Å². The third-order valence-corrected chi connectivity index (χ3v) is 3.24. The summed E-state index contributed by atoms with van der Waals surface area (Å²) in [5, 5.41) is 3.53. The number of benzene rings is 1. The second kappa shape index (κ2) is 5.85. The lowest BCUT2D eigenvalue weighted by Gasteiger charge is -2.21. The van der Waals surface area contributed by atoms with Crippen LogP contribution >= 0.6 is 0 Å². The molecule has 1 fully saturated rings. The SMILES string of the molecule is CC(C)(C)NCc1ccccc1COCC1CC1. The van der Waals surface area contributed by atoms with Crippen LogP contribution in [0.4, 0.5) is 0 Å². The van der Waals surface area contributed by atoms with E-state index in [9.17, 15) is 0 Å². The number of rotatable bonds is 6. The fourth-order valence-corrected chi connectivity index (χ4v) is 1.85. The standard InChI is InChI=1S/C16H25NO/c1-16(2,3)17-10-14-6-4-5-7-15(14)12-18-11-13-8-9-13/h4-7,13,17H,8-12H2,1-3H3. The van der Waals surface area contributed by atoms with Gasteiger partial charge in [-0.15, -0.1) is 0 Å². The van der Waals surface area contributed by atoms with Crippen LogP contribution in [0.15, 0.2) is 24.3 Å². The topological polar surface area (TPSA) is 21.3 Å². The van der Waals surface area contributed by atoms with Gasteiger partial charge >= 0.3 is 0 Å². The second-order valence-corrected chi connectivity index (χ2v) is 6.33. The third kappa shape index (κ3) is 4.79. The summed E-state index contributed by atoms with van der Waals surface area (Å²) in [6, 6.07) is 8.56. The Kier molecular flexibility index (Phi) is 4.41. The molecule has 0 atom stereocenters. The molecule has 0 bridgehead atoms. The molecule has 0 radical (unpaired) electrons. The summed E-state index contributed by atoms with van der Waals surface area (Å²) in [5.74, 6) is 0.838. The lowest BCUT2D eigenvalue weighted by Crippen LogP contribution is -2.35. The highest BCUT2D eigenvalue weighted by Gasteiger charge is 2.21. The van der Waals surface area contributed by atoms with E-state index in [1.807, 2.05) is 0 Å². The van der Waals surface area contributed by atoms with Gasteiger partial charge in [0.1, 0.15) is 0 Å². The Bertz CT molecular complexity index is 377. The van der Waals surface area contributed by atoms with Gasteiger partial charge in [0.15, 0.2) is 0 Å². The first kappa shape index (κ1) is 13.6. The Morgan fingerprint density at radius 3 is 2.44 bits per heavy atom. The van der Waals surface area contributed by atoms with Crippen LogP contribution in [0.25, 0.3) is 0 Å². The average Bonchev–Trinajstić information content (AvgIpc) is 3.11. The van der Waals surface area contributed by atoms with Crippen LogP contribution in [0.2, 0.25) is 0 Å². The van der Waals surface area contributed by atoms with E-state index >= 15 is 0 Å². The maximum absolute atomic E-state index is 5.79. The van der Waals surface area contributed by atoms with E-state index in [1.54, 1.807) is 0 Å². The molecule has 1 N–H and O–H groups in total. The molecule has 18 heavy (non-hydrogen) atoms. The zero-order chi connectivity index (χ0) is 13.0. The number of hydrogen-bond acceptors (Lipinski definition) is 2. The van der Waals surface area contributed by atoms with Crippen LogP contribution in [-0.2, 0) is 17.9 Å². The third-order valence-electron chi connectivity index (χ3n) is 3.24. The van der Waals surface area contributed by atoms with Crippen LogP contribution in [0.5, 0.6) is 0 Å². The van der Waals surface area contributed by atoms with Crippen molar-refractivity contribution >= 4 is 0 Å². The predicted octanol–water partition coefficient (Wildman–Crippen LogP) is 3.50. The molecule has 1 aromatic carbocycles. The van der Waals surface area contributed by atoms with E-state index in [0.717, 1.165) is 25.7 Å². The highest BCUT2D eigenvalue weighted by atomic mass is 16.5. The average molecular weight is 247 g/mol. The maximum Gasteiger partial charge on any atom is 0.0720 e. The first-order valence-corrected chi connectivity index (χ1v) is 6.94. The molecule has 0 heterocycles. The zero-order valence-electron chi connectivity index (χ0n) is 11.8. The Morgan fingerprint density at radius 1 is 1.17 bits per heavy atom.